The van der Waals surface area contributed by atoms with E-state index >= 15 is 0 Å². The molecule has 1 saturated heterocycles. The molecule has 0 aliphatic carbocycles. The van der Waals surface area contributed by atoms with Gasteiger partial charge in [0.15, 0.2) is 0 Å². The van der Waals surface area contributed by atoms with Gasteiger partial charge in [-0.15, -0.1) is 10.2 Å². The second kappa shape index (κ2) is 6.99. The van der Waals surface area contributed by atoms with Crippen molar-refractivity contribution in [3.8, 4) is 11.5 Å². The maximum atomic E-state index is 12.2. The largest absolute Gasteiger partial charge is 0.421 e. The maximum absolute atomic E-state index is 12.2. The third kappa shape index (κ3) is 3.71. The first kappa shape index (κ1) is 15.1. The highest BCUT2D eigenvalue weighted by molar-refractivity contribution is 5.76. The molecule has 3 heterocycles. The number of hydrogen-bond acceptors (Lipinski definition) is 6. The Bertz CT molecular complexity index is 665. The number of rotatable bonds is 5. The zero-order chi connectivity index (χ0) is 16.1. The predicted octanol–water partition coefficient (Wildman–Crippen LogP) is 0.365. The molecule has 0 unspecified atom stereocenters. The smallest absolute Gasteiger partial charge is 0.247 e. The average molecular weight is 315 g/mol. The predicted molar refractivity (Wildman–Crippen MR) is 80.1 cm³/mol. The van der Waals surface area contributed by atoms with Crippen molar-refractivity contribution >= 4 is 12.3 Å². The van der Waals surface area contributed by atoms with Crippen molar-refractivity contribution in [3.63, 3.8) is 0 Å². The number of pyridine rings is 1. The lowest BCUT2D eigenvalue weighted by molar-refractivity contribution is -0.135. The summed E-state index contributed by atoms with van der Waals surface area (Å²) in [5.41, 5.74) is 0.801. The number of carbonyl (C=O) groups excluding carboxylic acids is 2. The first-order valence-corrected chi connectivity index (χ1v) is 7.46. The first-order valence-electron chi connectivity index (χ1n) is 7.46. The third-order valence-corrected chi connectivity index (χ3v) is 3.76. The van der Waals surface area contributed by atoms with Crippen molar-refractivity contribution in [2.24, 2.45) is 0 Å². The van der Waals surface area contributed by atoms with Crippen molar-refractivity contribution in [2.75, 3.05) is 26.2 Å². The van der Waals surface area contributed by atoms with Crippen LogP contribution in [0.2, 0.25) is 0 Å². The van der Waals surface area contributed by atoms with E-state index in [1.54, 1.807) is 34.3 Å². The fraction of sp³-hybridized carbons (Fsp3) is 0.400. The van der Waals surface area contributed by atoms with Crippen LogP contribution in [-0.4, -0.2) is 63.5 Å². The Morgan fingerprint density at radius 2 is 1.91 bits per heavy atom. The number of amides is 2. The molecular weight excluding hydrogens is 298 g/mol. The van der Waals surface area contributed by atoms with E-state index in [1.807, 2.05) is 0 Å². The van der Waals surface area contributed by atoms with E-state index in [0.717, 1.165) is 12.0 Å². The van der Waals surface area contributed by atoms with Gasteiger partial charge < -0.3 is 14.2 Å². The summed E-state index contributed by atoms with van der Waals surface area (Å²) < 4.78 is 5.57. The van der Waals surface area contributed by atoms with Crippen LogP contribution in [0.25, 0.3) is 11.5 Å². The first-order chi connectivity index (χ1) is 11.3. The van der Waals surface area contributed by atoms with Crippen molar-refractivity contribution in [2.45, 2.75) is 12.8 Å². The lowest BCUT2D eigenvalue weighted by Crippen LogP contribution is -2.48. The van der Waals surface area contributed by atoms with Crippen LogP contribution in [0.1, 0.15) is 12.3 Å². The van der Waals surface area contributed by atoms with Gasteiger partial charge in [-0.05, 0) is 12.1 Å². The SMILES string of the molecule is O=CN1CCN(C(=O)CCc2nnc(-c3ccncc3)o2)CC1. The van der Waals surface area contributed by atoms with Crippen LogP contribution in [0.5, 0.6) is 0 Å². The van der Waals surface area contributed by atoms with Crippen LogP contribution in [0.3, 0.4) is 0 Å². The van der Waals surface area contributed by atoms with E-state index in [-0.39, 0.29) is 5.91 Å². The standard InChI is InChI=1S/C15H17N5O3/c21-11-19-7-9-20(10-8-19)14(22)2-1-13-17-18-15(23-13)12-3-5-16-6-4-12/h3-6,11H,1-2,7-10H2. The lowest BCUT2D eigenvalue weighted by atomic mass is 10.2. The molecule has 8 nitrogen and oxygen atoms in total. The van der Waals surface area contributed by atoms with E-state index < -0.39 is 0 Å². The van der Waals surface area contributed by atoms with E-state index in [4.69, 9.17) is 4.42 Å². The summed E-state index contributed by atoms with van der Waals surface area (Å²) in [7, 11) is 0. The van der Waals surface area contributed by atoms with Crippen LogP contribution in [0, 0.1) is 0 Å². The number of carbonyl (C=O) groups is 2. The highest BCUT2D eigenvalue weighted by Gasteiger charge is 2.20. The molecule has 0 bridgehead atoms. The van der Waals surface area contributed by atoms with Gasteiger partial charge in [-0.1, -0.05) is 0 Å². The Morgan fingerprint density at radius 1 is 1.17 bits per heavy atom. The number of nitrogens with zero attached hydrogens (tertiary/aromatic N) is 5. The molecule has 0 spiro atoms. The minimum atomic E-state index is 0.0409. The van der Waals surface area contributed by atoms with Gasteiger partial charge in [-0.3, -0.25) is 14.6 Å². The molecule has 0 atom stereocenters. The zero-order valence-corrected chi connectivity index (χ0v) is 12.6. The quantitative estimate of drug-likeness (QED) is 0.740. The highest BCUT2D eigenvalue weighted by Crippen LogP contribution is 2.17. The topological polar surface area (TPSA) is 92.4 Å². The fourth-order valence-corrected chi connectivity index (χ4v) is 2.41. The summed E-state index contributed by atoms with van der Waals surface area (Å²) in [6.07, 6.45) is 4.86. The van der Waals surface area contributed by atoms with E-state index in [0.29, 0.717) is 50.8 Å². The Balaban J connectivity index is 1.52. The maximum Gasteiger partial charge on any atom is 0.247 e. The van der Waals surface area contributed by atoms with Crippen molar-refractivity contribution in [1.29, 1.82) is 0 Å². The molecule has 8 heteroatoms. The van der Waals surface area contributed by atoms with Gasteiger partial charge in [0.2, 0.25) is 24.1 Å². The Kier molecular flexibility index (Phi) is 4.60. The summed E-state index contributed by atoms with van der Waals surface area (Å²) in [5, 5.41) is 7.96. The molecule has 2 aromatic rings. The third-order valence-electron chi connectivity index (χ3n) is 3.76. The van der Waals surface area contributed by atoms with Crippen LogP contribution >= 0.6 is 0 Å². The van der Waals surface area contributed by atoms with E-state index in [9.17, 15) is 9.59 Å². The molecule has 0 aromatic carbocycles. The molecule has 23 heavy (non-hydrogen) atoms. The zero-order valence-electron chi connectivity index (χ0n) is 12.6. The molecule has 2 amide bonds. The summed E-state index contributed by atoms with van der Waals surface area (Å²) in [6, 6.07) is 3.57. The number of aromatic nitrogens is 3. The van der Waals surface area contributed by atoms with Gasteiger partial charge in [0.05, 0.1) is 0 Å². The second-order valence-corrected chi connectivity index (χ2v) is 5.26. The summed E-state index contributed by atoms with van der Waals surface area (Å²) >= 11 is 0. The van der Waals surface area contributed by atoms with Gasteiger partial charge in [-0.25, -0.2) is 0 Å². The van der Waals surface area contributed by atoms with E-state index in [2.05, 4.69) is 15.2 Å². The van der Waals surface area contributed by atoms with Gasteiger partial charge in [-0.2, -0.15) is 0 Å². The average Bonchev–Trinajstić information content (AvgIpc) is 3.09. The van der Waals surface area contributed by atoms with Crippen molar-refractivity contribution < 1.29 is 14.0 Å². The Morgan fingerprint density at radius 3 is 2.61 bits per heavy atom. The van der Waals surface area contributed by atoms with Gasteiger partial charge in [0.25, 0.3) is 0 Å². The summed E-state index contributed by atoms with van der Waals surface area (Å²) in [4.78, 5) is 30.2. The molecule has 0 N–H and O–H groups in total. The molecule has 2 aromatic heterocycles. The van der Waals surface area contributed by atoms with Crippen LogP contribution in [-0.2, 0) is 16.0 Å². The fourth-order valence-electron chi connectivity index (χ4n) is 2.41. The van der Waals surface area contributed by atoms with Crippen LogP contribution < -0.4 is 0 Å². The second-order valence-electron chi connectivity index (χ2n) is 5.26. The minimum Gasteiger partial charge on any atom is -0.421 e. The van der Waals surface area contributed by atoms with Crippen molar-refractivity contribution in [1.82, 2.24) is 25.0 Å². The van der Waals surface area contributed by atoms with Crippen LogP contribution in [0.15, 0.2) is 28.9 Å². The number of aryl methyl sites for hydroxylation is 1. The molecule has 1 fully saturated rings. The monoisotopic (exact) mass is 315 g/mol. The molecule has 3 rings (SSSR count). The Labute approximate surface area is 133 Å². The van der Waals surface area contributed by atoms with Gasteiger partial charge in [0.1, 0.15) is 0 Å². The molecular formula is C15H17N5O3. The van der Waals surface area contributed by atoms with Crippen LogP contribution in [0.4, 0.5) is 0 Å². The molecule has 1 aliphatic rings. The number of hydrogen-bond donors (Lipinski definition) is 0. The summed E-state index contributed by atoms with van der Waals surface area (Å²) in [5.74, 6) is 0.908. The molecule has 0 saturated carbocycles. The molecule has 1 aliphatic heterocycles. The Hall–Kier alpha value is -2.77. The van der Waals surface area contributed by atoms with Gasteiger partial charge in [0, 0.05) is 57.0 Å². The van der Waals surface area contributed by atoms with Crippen molar-refractivity contribution in [3.05, 3.63) is 30.4 Å². The minimum absolute atomic E-state index is 0.0409. The normalized spacial score (nSPS) is 14.8. The highest BCUT2D eigenvalue weighted by atomic mass is 16.4. The van der Waals surface area contributed by atoms with E-state index in [1.165, 1.54) is 0 Å². The van der Waals surface area contributed by atoms with Gasteiger partial charge >= 0.3 is 0 Å². The lowest BCUT2D eigenvalue weighted by Gasteiger charge is -2.32. The summed E-state index contributed by atoms with van der Waals surface area (Å²) in [6.45, 7) is 2.32. The number of piperazine rings is 1. The molecule has 0 radical (unpaired) electrons. The molecule has 120 valence electrons.